The number of halogens is 1. The molecule has 0 radical (unpaired) electrons. The molecular weight excluding hydrogens is 399 g/mol. The first-order chi connectivity index (χ1) is 15.0. The van der Waals surface area contributed by atoms with Gasteiger partial charge < -0.3 is 9.80 Å². The van der Waals surface area contributed by atoms with Crippen molar-refractivity contribution < 1.29 is 9.18 Å². The van der Waals surface area contributed by atoms with E-state index in [4.69, 9.17) is 0 Å². The Bertz CT molecular complexity index is 1180. The van der Waals surface area contributed by atoms with Gasteiger partial charge in [0, 0.05) is 44.1 Å². The van der Waals surface area contributed by atoms with Gasteiger partial charge in [0.25, 0.3) is 5.56 Å². The summed E-state index contributed by atoms with van der Waals surface area (Å²) in [6.45, 7) is 2.21. The van der Waals surface area contributed by atoms with Gasteiger partial charge in [-0.15, -0.1) is 0 Å². The van der Waals surface area contributed by atoms with Crippen LogP contribution in [0, 0.1) is 5.82 Å². The van der Waals surface area contributed by atoms with Gasteiger partial charge in [-0.25, -0.2) is 9.18 Å². The molecule has 31 heavy (non-hydrogen) atoms. The van der Waals surface area contributed by atoms with Crippen molar-refractivity contribution in [3.63, 3.8) is 0 Å². The van der Waals surface area contributed by atoms with Crippen molar-refractivity contribution in [3.05, 3.63) is 99.1 Å². The number of amides is 1. The summed E-state index contributed by atoms with van der Waals surface area (Å²) in [5.41, 5.74) is 0.578. The van der Waals surface area contributed by atoms with Crippen LogP contribution in [0.2, 0.25) is 0 Å². The van der Waals surface area contributed by atoms with E-state index in [1.165, 1.54) is 29.0 Å². The highest BCUT2D eigenvalue weighted by Crippen LogP contribution is 2.15. The fourth-order valence-corrected chi connectivity index (χ4v) is 3.74. The van der Waals surface area contributed by atoms with Crippen LogP contribution >= 0.6 is 0 Å². The first kappa shape index (κ1) is 20.6. The molecule has 2 aromatic carbocycles. The van der Waals surface area contributed by atoms with Crippen molar-refractivity contribution in [2.45, 2.75) is 13.1 Å². The largest absolute Gasteiger partial charge is 0.368 e. The summed E-state index contributed by atoms with van der Waals surface area (Å²) in [6.07, 6.45) is 1.37. The summed E-state index contributed by atoms with van der Waals surface area (Å²) in [6, 6.07) is 17.1. The Balaban J connectivity index is 1.45. The summed E-state index contributed by atoms with van der Waals surface area (Å²) in [5.74, 6) is -0.667. The second-order valence-electron chi connectivity index (χ2n) is 7.48. The second kappa shape index (κ2) is 8.99. The van der Waals surface area contributed by atoms with E-state index in [0.29, 0.717) is 31.7 Å². The molecule has 0 N–H and O–H groups in total. The van der Waals surface area contributed by atoms with Gasteiger partial charge in [0.15, 0.2) is 0 Å². The molecule has 0 aliphatic carbocycles. The third-order valence-corrected chi connectivity index (χ3v) is 5.43. The maximum atomic E-state index is 13.4. The van der Waals surface area contributed by atoms with Gasteiger partial charge in [-0.2, -0.15) is 0 Å². The molecule has 7 nitrogen and oxygen atoms in total. The summed E-state index contributed by atoms with van der Waals surface area (Å²) in [5, 5.41) is 0. The fraction of sp³-hybridized carbons (Fsp3) is 0.261. The standard InChI is InChI=1S/C23H23FN4O3/c24-19-6-4-5-18(15-19)16-27-10-9-21(29)28(23(27)31)17-22(30)26-13-11-25(12-14-26)20-7-2-1-3-8-20/h1-10,15H,11-14,16-17H2. The normalized spacial score (nSPS) is 14.0. The molecule has 8 heteroatoms. The van der Waals surface area contributed by atoms with Gasteiger partial charge in [-0.1, -0.05) is 30.3 Å². The molecule has 0 bridgehead atoms. The Morgan fingerprint density at radius 3 is 2.35 bits per heavy atom. The zero-order valence-electron chi connectivity index (χ0n) is 17.0. The minimum Gasteiger partial charge on any atom is -0.368 e. The Kier molecular flexibility index (Phi) is 5.97. The lowest BCUT2D eigenvalue weighted by Gasteiger charge is -2.36. The molecule has 0 saturated carbocycles. The number of para-hydroxylation sites is 1. The topological polar surface area (TPSA) is 67.5 Å². The lowest BCUT2D eigenvalue weighted by Crippen LogP contribution is -2.51. The monoisotopic (exact) mass is 422 g/mol. The number of piperazine rings is 1. The van der Waals surface area contributed by atoms with Crippen LogP contribution in [0.3, 0.4) is 0 Å². The van der Waals surface area contributed by atoms with E-state index < -0.39 is 17.1 Å². The predicted molar refractivity (Wildman–Crippen MR) is 116 cm³/mol. The summed E-state index contributed by atoms with van der Waals surface area (Å²) >= 11 is 0. The minimum atomic E-state index is -0.590. The van der Waals surface area contributed by atoms with Crippen LogP contribution in [0.15, 0.2) is 76.4 Å². The van der Waals surface area contributed by atoms with Crippen molar-refractivity contribution in [2.75, 3.05) is 31.1 Å². The first-order valence-corrected chi connectivity index (χ1v) is 10.1. The molecule has 1 saturated heterocycles. The molecule has 1 aliphatic heterocycles. The molecule has 0 spiro atoms. The maximum Gasteiger partial charge on any atom is 0.331 e. The molecule has 160 valence electrons. The van der Waals surface area contributed by atoms with Crippen LogP contribution in [-0.4, -0.2) is 46.1 Å². The molecule has 3 aromatic rings. The number of rotatable bonds is 5. The molecule has 1 amide bonds. The molecule has 0 unspecified atom stereocenters. The molecular formula is C23H23FN4O3. The van der Waals surface area contributed by atoms with Crippen LogP contribution in [-0.2, 0) is 17.9 Å². The predicted octanol–water partition coefficient (Wildman–Crippen LogP) is 1.55. The quantitative estimate of drug-likeness (QED) is 0.626. The van der Waals surface area contributed by atoms with Gasteiger partial charge in [-0.05, 0) is 29.8 Å². The van der Waals surface area contributed by atoms with Crippen molar-refractivity contribution >= 4 is 11.6 Å². The molecule has 4 rings (SSSR count). The lowest BCUT2D eigenvalue weighted by molar-refractivity contribution is -0.132. The summed E-state index contributed by atoms with van der Waals surface area (Å²) in [7, 11) is 0. The number of carbonyl (C=O) groups is 1. The van der Waals surface area contributed by atoms with Gasteiger partial charge in [0.05, 0.1) is 6.54 Å². The Hall–Kier alpha value is -3.68. The lowest BCUT2D eigenvalue weighted by atomic mass is 10.2. The number of carbonyl (C=O) groups excluding carboxylic acids is 1. The third-order valence-electron chi connectivity index (χ3n) is 5.43. The maximum absolute atomic E-state index is 13.4. The van der Waals surface area contributed by atoms with Crippen LogP contribution in [0.25, 0.3) is 0 Å². The SMILES string of the molecule is O=C(Cn1c(=O)ccn(Cc2cccc(F)c2)c1=O)N1CCN(c2ccccc2)CC1. The van der Waals surface area contributed by atoms with Crippen molar-refractivity contribution in [1.29, 1.82) is 0 Å². The zero-order valence-corrected chi connectivity index (χ0v) is 17.0. The number of benzene rings is 2. The van der Waals surface area contributed by atoms with E-state index in [1.54, 1.807) is 17.0 Å². The number of anilines is 1. The highest BCUT2D eigenvalue weighted by Gasteiger charge is 2.22. The van der Waals surface area contributed by atoms with Gasteiger partial charge in [0.2, 0.25) is 5.91 Å². The van der Waals surface area contributed by atoms with E-state index in [1.807, 2.05) is 30.3 Å². The Morgan fingerprint density at radius 1 is 0.903 bits per heavy atom. The van der Waals surface area contributed by atoms with Crippen LogP contribution in [0.4, 0.5) is 10.1 Å². The van der Waals surface area contributed by atoms with E-state index >= 15 is 0 Å². The average molecular weight is 422 g/mol. The van der Waals surface area contributed by atoms with E-state index in [0.717, 1.165) is 10.3 Å². The number of hydrogen-bond acceptors (Lipinski definition) is 4. The molecule has 1 aromatic heterocycles. The van der Waals surface area contributed by atoms with Gasteiger partial charge >= 0.3 is 5.69 Å². The van der Waals surface area contributed by atoms with Crippen molar-refractivity contribution in [2.24, 2.45) is 0 Å². The average Bonchev–Trinajstić information content (AvgIpc) is 2.79. The zero-order chi connectivity index (χ0) is 21.8. The number of aromatic nitrogens is 2. The van der Waals surface area contributed by atoms with Crippen LogP contribution in [0.5, 0.6) is 0 Å². The van der Waals surface area contributed by atoms with E-state index in [2.05, 4.69) is 4.90 Å². The molecule has 2 heterocycles. The van der Waals surface area contributed by atoms with Crippen LogP contribution < -0.4 is 16.1 Å². The highest BCUT2D eigenvalue weighted by molar-refractivity contribution is 5.76. The van der Waals surface area contributed by atoms with Gasteiger partial charge in [0.1, 0.15) is 12.4 Å². The number of nitrogens with zero attached hydrogens (tertiary/aromatic N) is 4. The fourth-order valence-electron chi connectivity index (χ4n) is 3.74. The smallest absolute Gasteiger partial charge is 0.331 e. The number of hydrogen-bond donors (Lipinski definition) is 0. The molecule has 1 aliphatic rings. The highest BCUT2D eigenvalue weighted by atomic mass is 19.1. The Morgan fingerprint density at radius 2 is 1.65 bits per heavy atom. The summed E-state index contributed by atoms with van der Waals surface area (Å²) < 4.78 is 15.7. The minimum absolute atomic E-state index is 0.112. The Labute approximate surface area is 178 Å². The first-order valence-electron chi connectivity index (χ1n) is 10.1. The van der Waals surface area contributed by atoms with Crippen molar-refractivity contribution in [1.82, 2.24) is 14.0 Å². The van der Waals surface area contributed by atoms with Crippen molar-refractivity contribution in [3.8, 4) is 0 Å². The van der Waals surface area contributed by atoms with E-state index in [-0.39, 0.29) is 19.0 Å². The molecule has 0 atom stereocenters. The summed E-state index contributed by atoms with van der Waals surface area (Å²) in [4.78, 5) is 41.7. The van der Waals surface area contributed by atoms with E-state index in [9.17, 15) is 18.8 Å². The third kappa shape index (κ3) is 4.74. The molecule has 1 fully saturated rings. The van der Waals surface area contributed by atoms with Crippen LogP contribution in [0.1, 0.15) is 5.56 Å². The van der Waals surface area contributed by atoms with Gasteiger partial charge in [-0.3, -0.25) is 18.7 Å². The second-order valence-corrected chi connectivity index (χ2v) is 7.48.